The summed E-state index contributed by atoms with van der Waals surface area (Å²) in [7, 11) is 0. The highest BCUT2D eigenvalue weighted by Gasteiger charge is 2.30. The van der Waals surface area contributed by atoms with E-state index in [9.17, 15) is 8.78 Å². The zero-order valence-corrected chi connectivity index (χ0v) is 15.1. The van der Waals surface area contributed by atoms with Crippen LogP contribution < -0.4 is 4.74 Å². The van der Waals surface area contributed by atoms with Crippen molar-refractivity contribution < 1.29 is 13.5 Å². The van der Waals surface area contributed by atoms with Crippen LogP contribution in [0.5, 0.6) is 5.75 Å². The molecule has 8 heteroatoms. The minimum Gasteiger partial charge on any atom is -0.433 e. The fourth-order valence-electron chi connectivity index (χ4n) is 2.40. The number of halogens is 3. The van der Waals surface area contributed by atoms with Crippen LogP contribution in [0.2, 0.25) is 0 Å². The predicted octanol–water partition coefficient (Wildman–Crippen LogP) is 4.49. The number of rotatable bonds is 5. The third-order valence-corrected chi connectivity index (χ3v) is 5.43. The molecular formula is C15H16BrF2N3OS. The number of thioether (sulfide) groups is 1. The third kappa shape index (κ3) is 3.85. The topological polar surface area (TPSA) is 39.9 Å². The van der Waals surface area contributed by atoms with Gasteiger partial charge < -0.3 is 4.74 Å². The van der Waals surface area contributed by atoms with E-state index >= 15 is 0 Å². The van der Waals surface area contributed by atoms with Crippen molar-refractivity contribution in [2.75, 3.05) is 11.5 Å². The van der Waals surface area contributed by atoms with Gasteiger partial charge in [0.2, 0.25) is 4.73 Å². The van der Waals surface area contributed by atoms with Crippen molar-refractivity contribution in [2.24, 2.45) is 5.92 Å². The molecule has 1 aliphatic heterocycles. The molecule has 1 fully saturated rings. The van der Waals surface area contributed by atoms with Crippen LogP contribution in [0.4, 0.5) is 8.78 Å². The van der Waals surface area contributed by atoms with Crippen molar-refractivity contribution in [3.8, 4) is 11.4 Å². The van der Waals surface area contributed by atoms with Gasteiger partial charge in [0.05, 0.1) is 5.69 Å². The number of aromatic nitrogens is 3. The summed E-state index contributed by atoms with van der Waals surface area (Å²) < 4.78 is 32.6. The SMILES string of the molecule is CC(c1nc(Br)nn1-c1ccc(OC(C)(F)F)cc1)C1CSC1. The summed E-state index contributed by atoms with van der Waals surface area (Å²) >= 11 is 5.25. The van der Waals surface area contributed by atoms with E-state index in [0.29, 0.717) is 17.6 Å². The summed E-state index contributed by atoms with van der Waals surface area (Å²) in [5.41, 5.74) is 0.767. The van der Waals surface area contributed by atoms with E-state index in [1.807, 2.05) is 11.8 Å². The van der Waals surface area contributed by atoms with Gasteiger partial charge in [0.15, 0.2) is 0 Å². The van der Waals surface area contributed by atoms with Crippen LogP contribution >= 0.6 is 27.7 Å². The Kier molecular flexibility index (Phi) is 4.64. The van der Waals surface area contributed by atoms with E-state index in [2.05, 4.69) is 37.7 Å². The highest BCUT2D eigenvalue weighted by Crippen LogP contribution is 2.37. The molecular weight excluding hydrogens is 388 g/mol. The van der Waals surface area contributed by atoms with Gasteiger partial charge in [0.1, 0.15) is 11.6 Å². The summed E-state index contributed by atoms with van der Waals surface area (Å²) in [6.45, 7) is 2.86. The molecule has 0 N–H and O–H groups in total. The van der Waals surface area contributed by atoms with Crippen molar-refractivity contribution in [2.45, 2.75) is 25.9 Å². The average Bonchev–Trinajstić information content (AvgIpc) is 2.78. The van der Waals surface area contributed by atoms with Crippen LogP contribution in [0.3, 0.4) is 0 Å². The number of ether oxygens (including phenoxy) is 1. The maximum atomic E-state index is 12.9. The van der Waals surface area contributed by atoms with E-state index in [1.165, 1.54) is 12.1 Å². The molecule has 1 atom stereocenters. The van der Waals surface area contributed by atoms with Gasteiger partial charge in [-0.05, 0) is 57.6 Å². The number of alkyl halides is 2. The predicted molar refractivity (Wildman–Crippen MR) is 89.5 cm³/mol. The van der Waals surface area contributed by atoms with Crippen molar-refractivity contribution >= 4 is 27.7 Å². The Morgan fingerprint density at radius 2 is 2.00 bits per heavy atom. The van der Waals surface area contributed by atoms with Gasteiger partial charge in [0.25, 0.3) is 0 Å². The quantitative estimate of drug-likeness (QED) is 0.737. The molecule has 0 saturated carbocycles. The minimum absolute atomic E-state index is 0.116. The van der Waals surface area contributed by atoms with Crippen LogP contribution in [0.1, 0.15) is 25.6 Å². The molecule has 0 aliphatic carbocycles. The Bertz CT molecular complexity index is 683. The molecule has 0 spiro atoms. The van der Waals surface area contributed by atoms with Gasteiger partial charge >= 0.3 is 6.11 Å². The second-order valence-corrected chi connectivity index (χ2v) is 7.43. The largest absolute Gasteiger partial charge is 0.433 e. The lowest BCUT2D eigenvalue weighted by molar-refractivity contribution is -0.158. The highest BCUT2D eigenvalue weighted by molar-refractivity contribution is 9.10. The number of benzene rings is 1. The fourth-order valence-corrected chi connectivity index (χ4v) is 3.82. The fraction of sp³-hybridized carbons (Fsp3) is 0.467. The first kappa shape index (κ1) is 16.7. The van der Waals surface area contributed by atoms with E-state index in [4.69, 9.17) is 0 Å². The van der Waals surface area contributed by atoms with Crippen LogP contribution in [-0.4, -0.2) is 32.4 Å². The molecule has 0 bridgehead atoms. The Balaban J connectivity index is 1.86. The first-order valence-corrected chi connectivity index (χ1v) is 9.16. The van der Waals surface area contributed by atoms with Crippen LogP contribution in [0.15, 0.2) is 29.0 Å². The zero-order valence-electron chi connectivity index (χ0n) is 12.7. The normalized spacial score (nSPS) is 16.9. The second kappa shape index (κ2) is 6.39. The summed E-state index contributed by atoms with van der Waals surface area (Å²) in [5, 5.41) is 4.37. The molecule has 0 radical (unpaired) electrons. The molecule has 124 valence electrons. The molecule has 1 aromatic carbocycles. The molecule has 1 saturated heterocycles. The average molecular weight is 404 g/mol. The van der Waals surface area contributed by atoms with Gasteiger partial charge in [-0.3, -0.25) is 0 Å². The van der Waals surface area contributed by atoms with Gasteiger partial charge in [0, 0.05) is 12.8 Å². The van der Waals surface area contributed by atoms with Gasteiger partial charge in [-0.15, -0.1) is 5.10 Å². The molecule has 2 heterocycles. The maximum absolute atomic E-state index is 12.9. The van der Waals surface area contributed by atoms with Crippen LogP contribution in [0, 0.1) is 5.92 Å². The first-order valence-electron chi connectivity index (χ1n) is 7.21. The minimum atomic E-state index is -3.20. The van der Waals surface area contributed by atoms with Crippen molar-refractivity contribution in [1.82, 2.24) is 14.8 Å². The lowest BCUT2D eigenvalue weighted by Gasteiger charge is -2.30. The van der Waals surface area contributed by atoms with Crippen LogP contribution in [-0.2, 0) is 0 Å². The Morgan fingerprint density at radius 3 is 2.52 bits per heavy atom. The zero-order chi connectivity index (χ0) is 16.6. The lowest BCUT2D eigenvalue weighted by atomic mass is 9.96. The molecule has 1 aromatic heterocycles. The number of hydrogen-bond donors (Lipinski definition) is 0. The maximum Gasteiger partial charge on any atom is 0.394 e. The van der Waals surface area contributed by atoms with E-state index in [-0.39, 0.29) is 11.7 Å². The molecule has 1 aliphatic rings. The summed E-state index contributed by atoms with van der Waals surface area (Å²) in [4.78, 5) is 4.48. The monoisotopic (exact) mass is 403 g/mol. The number of nitrogens with zero attached hydrogens (tertiary/aromatic N) is 3. The Hall–Kier alpha value is -1.15. The van der Waals surface area contributed by atoms with E-state index in [0.717, 1.165) is 23.0 Å². The van der Waals surface area contributed by atoms with Crippen molar-refractivity contribution in [3.05, 3.63) is 34.8 Å². The Labute approximate surface area is 145 Å². The molecule has 4 nitrogen and oxygen atoms in total. The van der Waals surface area contributed by atoms with Gasteiger partial charge in [-0.2, -0.15) is 20.5 Å². The standard InChI is InChI=1S/C15H16BrF2N3OS/c1-9(10-7-23-8-10)13-19-14(16)20-21(13)11-3-5-12(6-4-11)22-15(2,17)18/h3-6,9-10H,7-8H2,1-2H3. The van der Waals surface area contributed by atoms with Crippen molar-refractivity contribution in [1.29, 1.82) is 0 Å². The molecule has 2 aromatic rings. The highest BCUT2D eigenvalue weighted by atomic mass is 79.9. The summed E-state index contributed by atoms with van der Waals surface area (Å²) in [6, 6.07) is 6.42. The molecule has 0 amide bonds. The summed E-state index contributed by atoms with van der Waals surface area (Å²) in [6.07, 6.45) is -3.20. The summed E-state index contributed by atoms with van der Waals surface area (Å²) in [5.74, 6) is 4.12. The molecule has 1 unspecified atom stereocenters. The smallest absolute Gasteiger partial charge is 0.394 e. The first-order chi connectivity index (χ1) is 10.8. The van der Waals surface area contributed by atoms with Gasteiger partial charge in [-0.1, -0.05) is 6.92 Å². The van der Waals surface area contributed by atoms with Crippen LogP contribution in [0.25, 0.3) is 5.69 Å². The lowest BCUT2D eigenvalue weighted by Crippen LogP contribution is -2.26. The van der Waals surface area contributed by atoms with E-state index < -0.39 is 6.11 Å². The molecule has 23 heavy (non-hydrogen) atoms. The Morgan fingerprint density at radius 1 is 1.35 bits per heavy atom. The molecule has 3 rings (SSSR count). The number of hydrogen-bond acceptors (Lipinski definition) is 4. The van der Waals surface area contributed by atoms with Crippen molar-refractivity contribution in [3.63, 3.8) is 0 Å². The van der Waals surface area contributed by atoms with Gasteiger partial charge in [-0.25, -0.2) is 9.67 Å². The third-order valence-electron chi connectivity index (χ3n) is 3.76. The second-order valence-electron chi connectivity index (χ2n) is 5.64. The van der Waals surface area contributed by atoms with E-state index in [1.54, 1.807) is 16.8 Å².